The van der Waals surface area contributed by atoms with Crippen LogP contribution in [0.15, 0.2) is 57.5 Å². The number of hydrogen-bond donors (Lipinski definition) is 1. The average Bonchev–Trinajstić information content (AvgIpc) is 3.40. The summed E-state index contributed by atoms with van der Waals surface area (Å²) in [7, 11) is 0. The van der Waals surface area contributed by atoms with E-state index in [0.717, 1.165) is 27.4 Å². The van der Waals surface area contributed by atoms with Crippen LogP contribution in [0.1, 0.15) is 30.1 Å². The van der Waals surface area contributed by atoms with Crippen LogP contribution in [0.5, 0.6) is 0 Å². The number of nitrogens with one attached hydrogen (secondary N) is 1. The molecule has 4 nitrogen and oxygen atoms in total. The second kappa shape index (κ2) is 8.15. The van der Waals surface area contributed by atoms with Gasteiger partial charge in [0.05, 0.1) is 6.42 Å². The van der Waals surface area contributed by atoms with Crippen molar-refractivity contribution in [2.75, 3.05) is 0 Å². The van der Waals surface area contributed by atoms with Crippen LogP contribution in [0.4, 0.5) is 0 Å². The highest BCUT2D eigenvalue weighted by Gasteiger charge is 2.30. The topological polar surface area (TPSA) is 55.4 Å². The van der Waals surface area contributed by atoms with Gasteiger partial charge in [-0.1, -0.05) is 56.1 Å². The molecule has 2 aromatic carbocycles. The molecule has 1 fully saturated rings. The second-order valence-electron chi connectivity index (χ2n) is 6.01. The van der Waals surface area contributed by atoms with Crippen molar-refractivity contribution < 1.29 is 14.3 Å². The van der Waals surface area contributed by atoms with E-state index in [1.165, 1.54) is 0 Å². The van der Waals surface area contributed by atoms with Crippen molar-refractivity contribution in [3.8, 4) is 0 Å². The lowest BCUT2D eigenvalue weighted by Crippen LogP contribution is -2.33. The summed E-state index contributed by atoms with van der Waals surface area (Å²) in [5.41, 5.74) is 1.50. The van der Waals surface area contributed by atoms with Crippen LogP contribution in [-0.2, 0) is 20.7 Å². The zero-order valence-electron chi connectivity index (χ0n) is 13.4. The van der Waals surface area contributed by atoms with Gasteiger partial charge in [0, 0.05) is 20.6 Å². The Morgan fingerprint density at radius 1 is 1.00 bits per heavy atom. The van der Waals surface area contributed by atoms with Crippen LogP contribution in [0.2, 0.25) is 0 Å². The molecule has 1 atom stereocenters. The van der Waals surface area contributed by atoms with Gasteiger partial charge in [-0.05, 0) is 42.7 Å². The molecule has 25 heavy (non-hydrogen) atoms. The van der Waals surface area contributed by atoms with Gasteiger partial charge in [-0.25, -0.2) is 0 Å². The van der Waals surface area contributed by atoms with Gasteiger partial charge in [0.25, 0.3) is 5.91 Å². The number of halogens is 2. The largest absolute Gasteiger partial charge is 0.447 e. The maximum Gasteiger partial charge on any atom is 0.311 e. The summed E-state index contributed by atoms with van der Waals surface area (Å²) in [5.74, 6) is -0.699. The molecule has 0 aromatic heterocycles. The van der Waals surface area contributed by atoms with E-state index in [0.29, 0.717) is 5.56 Å². The molecule has 0 bridgehead atoms. The third-order valence-corrected chi connectivity index (χ3v) is 4.90. The fraction of sp³-hybridized carbons (Fsp3) is 0.263. The number of hydrogen-bond acceptors (Lipinski definition) is 3. The molecule has 0 radical (unpaired) electrons. The van der Waals surface area contributed by atoms with Crippen molar-refractivity contribution in [3.63, 3.8) is 0 Å². The molecular formula is C19H17Br2NO3. The maximum absolute atomic E-state index is 12.5. The molecule has 130 valence electrons. The molecular weight excluding hydrogens is 450 g/mol. The van der Waals surface area contributed by atoms with Crippen molar-refractivity contribution in [1.82, 2.24) is 5.32 Å². The molecule has 0 spiro atoms. The molecule has 2 aromatic rings. The average molecular weight is 467 g/mol. The van der Waals surface area contributed by atoms with Gasteiger partial charge in [-0.3, -0.25) is 9.59 Å². The van der Waals surface area contributed by atoms with Crippen molar-refractivity contribution in [2.24, 2.45) is 0 Å². The van der Waals surface area contributed by atoms with E-state index in [2.05, 4.69) is 37.2 Å². The number of esters is 1. The van der Waals surface area contributed by atoms with Crippen LogP contribution in [0.3, 0.4) is 0 Å². The molecule has 1 amide bonds. The lowest BCUT2D eigenvalue weighted by molar-refractivity contribution is -0.156. The van der Waals surface area contributed by atoms with E-state index >= 15 is 0 Å². The molecule has 1 aliphatic rings. The highest BCUT2D eigenvalue weighted by Crippen LogP contribution is 2.25. The fourth-order valence-corrected chi connectivity index (χ4v) is 2.89. The fourth-order valence-electron chi connectivity index (χ4n) is 2.36. The monoisotopic (exact) mass is 465 g/mol. The first-order valence-electron chi connectivity index (χ1n) is 8.01. The third kappa shape index (κ3) is 5.41. The summed E-state index contributed by atoms with van der Waals surface area (Å²) in [4.78, 5) is 24.8. The standard InChI is InChI=1S/C19H17Br2NO3/c20-14-5-1-12(2-6-14)11-17(23)25-18(19(24)22-16-9-10-16)13-3-7-15(21)8-4-13/h1-8,16,18H,9-11H2,(H,22,24). The van der Waals surface area contributed by atoms with Crippen molar-refractivity contribution in [1.29, 1.82) is 0 Å². The quantitative estimate of drug-likeness (QED) is 0.645. The molecule has 3 rings (SSSR count). The van der Waals surface area contributed by atoms with Gasteiger partial charge >= 0.3 is 5.97 Å². The Kier molecular flexibility index (Phi) is 5.91. The second-order valence-corrected chi connectivity index (χ2v) is 7.84. The number of carbonyl (C=O) groups is 2. The third-order valence-electron chi connectivity index (χ3n) is 3.85. The molecule has 6 heteroatoms. The predicted molar refractivity (Wildman–Crippen MR) is 102 cm³/mol. The lowest BCUT2D eigenvalue weighted by atomic mass is 10.1. The van der Waals surface area contributed by atoms with E-state index in [1.807, 2.05) is 36.4 Å². The Hall–Kier alpha value is -1.66. The van der Waals surface area contributed by atoms with Gasteiger partial charge < -0.3 is 10.1 Å². The molecule has 0 heterocycles. The Labute approximate surface area is 163 Å². The summed E-state index contributed by atoms with van der Waals surface area (Å²) in [6.45, 7) is 0. The Balaban J connectivity index is 1.71. The minimum absolute atomic E-state index is 0.122. The molecule has 0 saturated heterocycles. The summed E-state index contributed by atoms with van der Waals surface area (Å²) < 4.78 is 7.37. The number of rotatable bonds is 6. The normalized spacial score (nSPS) is 14.6. The van der Waals surface area contributed by atoms with Gasteiger partial charge in [-0.2, -0.15) is 0 Å². The number of ether oxygens (including phenoxy) is 1. The van der Waals surface area contributed by atoms with Crippen molar-refractivity contribution >= 4 is 43.7 Å². The van der Waals surface area contributed by atoms with Crippen LogP contribution in [0, 0.1) is 0 Å². The van der Waals surface area contributed by atoms with Crippen molar-refractivity contribution in [3.05, 3.63) is 68.6 Å². The Morgan fingerprint density at radius 3 is 2.12 bits per heavy atom. The minimum atomic E-state index is -0.934. The number of benzene rings is 2. The van der Waals surface area contributed by atoms with E-state index in [4.69, 9.17) is 4.74 Å². The van der Waals surface area contributed by atoms with Gasteiger partial charge in [0.1, 0.15) is 0 Å². The van der Waals surface area contributed by atoms with E-state index < -0.39 is 12.1 Å². The molecule has 1 unspecified atom stereocenters. The van der Waals surface area contributed by atoms with Crippen molar-refractivity contribution in [2.45, 2.75) is 31.4 Å². The lowest BCUT2D eigenvalue weighted by Gasteiger charge is -2.18. The van der Waals surface area contributed by atoms with Gasteiger partial charge in [0.15, 0.2) is 0 Å². The molecule has 1 N–H and O–H groups in total. The predicted octanol–water partition coefficient (Wildman–Crippen LogP) is 4.32. The SMILES string of the molecule is O=C(Cc1ccc(Br)cc1)OC(C(=O)NC1CC1)c1ccc(Br)cc1. The first-order valence-corrected chi connectivity index (χ1v) is 9.59. The highest BCUT2D eigenvalue weighted by atomic mass is 79.9. The summed E-state index contributed by atoms with van der Waals surface area (Å²) >= 11 is 6.73. The summed E-state index contributed by atoms with van der Waals surface area (Å²) in [6, 6.07) is 14.9. The van der Waals surface area contributed by atoms with E-state index in [-0.39, 0.29) is 18.4 Å². The molecule has 1 aliphatic carbocycles. The van der Waals surface area contributed by atoms with E-state index in [9.17, 15) is 9.59 Å². The van der Waals surface area contributed by atoms with Crippen LogP contribution >= 0.6 is 31.9 Å². The maximum atomic E-state index is 12.5. The Morgan fingerprint density at radius 2 is 1.56 bits per heavy atom. The van der Waals surface area contributed by atoms with Crippen LogP contribution < -0.4 is 5.32 Å². The van der Waals surface area contributed by atoms with Crippen LogP contribution in [-0.4, -0.2) is 17.9 Å². The molecule has 0 aliphatic heterocycles. The summed E-state index contributed by atoms with van der Waals surface area (Å²) in [5, 5.41) is 2.91. The minimum Gasteiger partial charge on any atom is -0.447 e. The van der Waals surface area contributed by atoms with Gasteiger partial charge in [0.2, 0.25) is 6.10 Å². The molecule has 1 saturated carbocycles. The first-order chi connectivity index (χ1) is 12.0. The van der Waals surface area contributed by atoms with Gasteiger partial charge in [-0.15, -0.1) is 0 Å². The highest BCUT2D eigenvalue weighted by molar-refractivity contribution is 9.10. The number of amides is 1. The Bertz CT molecular complexity index is 755. The zero-order valence-corrected chi connectivity index (χ0v) is 16.5. The van der Waals surface area contributed by atoms with E-state index in [1.54, 1.807) is 12.1 Å². The first kappa shape index (κ1) is 18.1. The van der Waals surface area contributed by atoms with Crippen LogP contribution in [0.25, 0.3) is 0 Å². The zero-order chi connectivity index (χ0) is 17.8. The smallest absolute Gasteiger partial charge is 0.311 e. The number of carbonyl (C=O) groups excluding carboxylic acids is 2. The summed E-state index contributed by atoms with van der Waals surface area (Å²) in [6.07, 6.45) is 1.14.